The minimum Gasteiger partial charge on any atom is -0.345 e. The average Bonchev–Trinajstić information content (AvgIpc) is 3.49. The van der Waals surface area contributed by atoms with Crippen LogP contribution < -0.4 is 10.0 Å². The molecule has 3 heterocycles. The first-order chi connectivity index (χ1) is 15.1. The fourth-order valence-corrected chi connectivity index (χ4v) is 5.77. The van der Waals surface area contributed by atoms with Crippen molar-refractivity contribution in [3.05, 3.63) is 53.0 Å². The summed E-state index contributed by atoms with van der Waals surface area (Å²) in [6, 6.07) is 4.75. The number of fused-ring (bicyclic) bond motifs is 1. The van der Waals surface area contributed by atoms with Gasteiger partial charge in [0, 0.05) is 53.0 Å². The maximum Gasteiger partial charge on any atom is 0.241 e. The molecule has 3 aromatic rings. The summed E-state index contributed by atoms with van der Waals surface area (Å²) < 4.78 is 40.9. The molecule has 32 heavy (non-hydrogen) atoms. The first kappa shape index (κ1) is 21.1. The van der Waals surface area contributed by atoms with Crippen molar-refractivity contribution in [1.82, 2.24) is 24.9 Å². The Morgan fingerprint density at radius 3 is 2.72 bits per heavy atom. The maximum absolute atomic E-state index is 14.8. The lowest BCUT2D eigenvalue weighted by molar-refractivity contribution is 0.566. The van der Waals surface area contributed by atoms with E-state index in [0.29, 0.717) is 17.7 Å². The predicted molar refractivity (Wildman–Crippen MR) is 119 cm³/mol. The molecule has 2 aromatic heterocycles. The van der Waals surface area contributed by atoms with Crippen molar-refractivity contribution in [2.45, 2.75) is 68.7 Å². The predicted octanol–water partition coefficient (Wildman–Crippen LogP) is 4.16. The Morgan fingerprint density at radius 1 is 1.19 bits per heavy atom. The van der Waals surface area contributed by atoms with Gasteiger partial charge >= 0.3 is 0 Å². The van der Waals surface area contributed by atoms with Gasteiger partial charge < -0.3 is 10.3 Å². The van der Waals surface area contributed by atoms with Gasteiger partial charge in [-0.05, 0) is 31.4 Å². The summed E-state index contributed by atoms with van der Waals surface area (Å²) in [5.74, 6) is 1.67. The Labute approximate surface area is 186 Å². The van der Waals surface area contributed by atoms with Crippen LogP contribution in [0.25, 0.3) is 0 Å². The number of imidazole rings is 1. The van der Waals surface area contributed by atoms with E-state index in [4.69, 9.17) is 0 Å². The number of aromatic amines is 2. The van der Waals surface area contributed by atoms with Crippen molar-refractivity contribution in [2.75, 3.05) is 5.32 Å². The molecule has 1 aromatic carbocycles. The zero-order valence-electron chi connectivity index (χ0n) is 18.3. The number of benzene rings is 1. The quantitative estimate of drug-likeness (QED) is 0.469. The van der Waals surface area contributed by atoms with Crippen molar-refractivity contribution < 1.29 is 12.8 Å². The maximum atomic E-state index is 14.8. The summed E-state index contributed by atoms with van der Waals surface area (Å²) in [5.41, 5.74) is 2.54. The van der Waals surface area contributed by atoms with Crippen LogP contribution in [0.2, 0.25) is 0 Å². The van der Waals surface area contributed by atoms with E-state index in [1.807, 2.05) is 12.3 Å². The molecular weight excluding hydrogens is 431 g/mol. The first-order valence-corrected chi connectivity index (χ1v) is 12.3. The number of rotatable bonds is 4. The van der Waals surface area contributed by atoms with Crippen molar-refractivity contribution in [3.8, 4) is 0 Å². The number of nitrogens with zero attached hydrogens (tertiary/aromatic N) is 2. The standard InChI is InChI=1S/C22H27FN6O2S/c1-22(2,3)18-11-24-21(27-18)13-5-4-12(8-13)16-9-19(29-28-16)26-15-6-7-17-14(20(15)23)10-25-32(17,30)31/h6-7,9,11-13,25H,4-5,8,10H2,1-3H3,(H,24,27)(H2,26,28,29). The number of sulfonamides is 1. The second kappa shape index (κ2) is 7.41. The lowest BCUT2D eigenvalue weighted by atomic mass is 9.93. The van der Waals surface area contributed by atoms with Crippen LogP contribution >= 0.6 is 0 Å². The smallest absolute Gasteiger partial charge is 0.241 e. The van der Waals surface area contributed by atoms with Crippen LogP contribution in [0.4, 0.5) is 15.9 Å². The molecule has 1 fully saturated rings. The van der Waals surface area contributed by atoms with Crippen LogP contribution in [-0.4, -0.2) is 28.6 Å². The zero-order chi connectivity index (χ0) is 22.7. The van der Waals surface area contributed by atoms with E-state index < -0.39 is 15.8 Å². The van der Waals surface area contributed by atoms with Gasteiger partial charge in [-0.1, -0.05) is 20.8 Å². The highest BCUT2D eigenvalue weighted by atomic mass is 32.2. The minimum atomic E-state index is -3.61. The molecule has 2 unspecified atom stereocenters. The normalized spacial score (nSPS) is 22.2. The fraction of sp³-hybridized carbons (Fsp3) is 0.455. The SMILES string of the molecule is CC(C)(C)c1cnc(C2CCC(c3cc(Nc4ccc5c(c4F)CNS5(=O)=O)n[nH]3)C2)[nH]1. The summed E-state index contributed by atoms with van der Waals surface area (Å²) in [6.45, 7) is 6.46. The Kier molecular flexibility index (Phi) is 4.90. The topological polar surface area (TPSA) is 116 Å². The largest absolute Gasteiger partial charge is 0.345 e. The van der Waals surface area contributed by atoms with Gasteiger partial charge in [-0.2, -0.15) is 5.10 Å². The monoisotopic (exact) mass is 458 g/mol. The molecule has 5 rings (SSSR count). The highest BCUT2D eigenvalue weighted by molar-refractivity contribution is 7.89. The molecule has 1 aliphatic heterocycles. The van der Waals surface area contributed by atoms with Gasteiger partial charge in [-0.15, -0.1) is 0 Å². The Balaban J connectivity index is 1.29. The molecule has 0 saturated heterocycles. The van der Waals surface area contributed by atoms with E-state index in [1.54, 1.807) is 0 Å². The minimum absolute atomic E-state index is 0.00666. The third-order valence-corrected chi connectivity index (χ3v) is 7.94. The molecule has 170 valence electrons. The molecule has 0 bridgehead atoms. The van der Waals surface area contributed by atoms with E-state index in [-0.39, 0.29) is 28.1 Å². The van der Waals surface area contributed by atoms with Gasteiger partial charge in [0.25, 0.3) is 0 Å². The van der Waals surface area contributed by atoms with Crippen LogP contribution in [0, 0.1) is 5.82 Å². The second-order valence-electron chi connectivity index (χ2n) is 9.70. The van der Waals surface area contributed by atoms with Crippen molar-refractivity contribution in [3.63, 3.8) is 0 Å². The van der Waals surface area contributed by atoms with E-state index >= 15 is 0 Å². The fourth-order valence-electron chi connectivity index (χ4n) is 4.55. The van der Waals surface area contributed by atoms with E-state index in [1.165, 1.54) is 12.1 Å². The van der Waals surface area contributed by atoms with Gasteiger partial charge in [0.05, 0.1) is 10.6 Å². The molecule has 4 N–H and O–H groups in total. The van der Waals surface area contributed by atoms with Crippen molar-refractivity contribution >= 4 is 21.5 Å². The second-order valence-corrected chi connectivity index (χ2v) is 11.4. The summed E-state index contributed by atoms with van der Waals surface area (Å²) in [7, 11) is -3.61. The zero-order valence-corrected chi connectivity index (χ0v) is 19.1. The molecule has 2 atom stereocenters. The molecule has 8 nitrogen and oxygen atoms in total. The summed E-state index contributed by atoms with van der Waals surface area (Å²) in [6.07, 6.45) is 4.97. The van der Waals surface area contributed by atoms with E-state index in [0.717, 1.165) is 36.5 Å². The highest BCUT2D eigenvalue weighted by Crippen LogP contribution is 2.43. The third-order valence-electron chi connectivity index (χ3n) is 6.45. The van der Waals surface area contributed by atoms with Crippen molar-refractivity contribution in [1.29, 1.82) is 0 Å². The van der Waals surface area contributed by atoms with Gasteiger partial charge in [-0.3, -0.25) is 5.10 Å². The molecule has 2 aliphatic rings. The number of nitrogens with one attached hydrogen (secondary N) is 4. The third kappa shape index (κ3) is 3.71. The Bertz CT molecular complexity index is 1270. The van der Waals surface area contributed by atoms with Crippen LogP contribution in [-0.2, 0) is 22.0 Å². The van der Waals surface area contributed by atoms with E-state index in [9.17, 15) is 12.8 Å². The number of hydrogen-bond donors (Lipinski definition) is 4. The molecule has 10 heteroatoms. The molecule has 0 radical (unpaired) electrons. The lowest BCUT2D eigenvalue weighted by Crippen LogP contribution is -2.13. The Hall–Kier alpha value is -2.72. The van der Waals surface area contributed by atoms with Gasteiger partial charge in [0.2, 0.25) is 10.0 Å². The molecule has 0 spiro atoms. The lowest BCUT2D eigenvalue weighted by Gasteiger charge is -2.15. The van der Waals surface area contributed by atoms with Crippen LogP contribution in [0.15, 0.2) is 29.3 Å². The molecule has 1 saturated carbocycles. The molecular formula is C22H27FN6O2S. The molecule has 1 aliphatic carbocycles. The van der Waals surface area contributed by atoms with Crippen LogP contribution in [0.1, 0.15) is 74.6 Å². The van der Waals surface area contributed by atoms with Crippen LogP contribution in [0.5, 0.6) is 0 Å². The average molecular weight is 459 g/mol. The Morgan fingerprint density at radius 2 is 1.97 bits per heavy atom. The number of hydrogen-bond acceptors (Lipinski definition) is 5. The number of aromatic nitrogens is 4. The molecule has 0 amide bonds. The van der Waals surface area contributed by atoms with Crippen LogP contribution in [0.3, 0.4) is 0 Å². The van der Waals surface area contributed by atoms with Gasteiger partial charge in [0.1, 0.15) is 5.82 Å². The first-order valence-electron chi connectivity index (χ1n) is 10.8. The van der Waals surface area contributed by atoms with Gasteiger partial charge in [0.15, 0.2) is 11.6 Å². The summed E-state index contributed by atoms with van der Waals surface area (Å²) in [5, 5.41) is 10.4. The number of halogens is 1. The highest BCUT2D eigenvalue weighted by Gasteiger charge is 2.32. The number of anilines is 2. The summed E-state index contributed by atoms with van der Waals surface area (Å²) >= 11 is 0. The summed E-state index contributed by atoms with van der Waals surface area (Å²) in [4.78, 5) is 8.11. The van der Waals surface area contributed by atoms with Gasteiger partial charge in [-0.25, -0.2) is 22.5 Å². The van der Waals surface area contributed by atoms with E-state index in [2.05, 4.69) is 51.0 Å². The van der Waals surface area contributed by atoms with Crippen molar-refractivity contribution in [2.24, 2.45) is 0 Å². The number of H-pyrrole nitrogens is 2.